The van der Waals surface area contributed by atoms with E-state index in [0.29, 0.717) is 17.8 Å². The molecule has 1 heterocycles. The van der Waals surface area contributed by atoms with E-state index >= 15 is 0 Å². The summed E-state index contributed by atoms with van der Waals surface area (Å²) >= 11 is -0.340. The molecule has 4 bridgehead atoms. The fraction of sp³-hybridized carbons (Fsp3) is 0.359. The Kier molecular flexibility index (Phi) is 10.1. The third kappa shape index (κ3) is 7.09. The summed E-state index contributed by atoms with van der Waals surface area (Å²) in [5, 5.41) is -2.16. The molecule has 4 fully saturated rings. The molecule has 4 saturated carbocycles. The number of carbonyl (C=O) groups excluding carboxylic acids is 1. The Morgan fingerprint density at radius 2 is 1.38 bits per heavy atom. The number of ether oxygens (including phenoxy) is 1. The summed E-state index contributed by atoms with van der Waals surface area (Å²) < 4.78 is 81.5. The number of fused-ring (bicyclic) bond motifs is 3. The Morgan fingerprint density at radius 1 is 0.820 bits per heavy atom. The molecule has 5 nitrogen and oxygen atoms in total. The van der Waals surface area contributed by atoms with Crippen LogP contribution in [0.1, 0.15) is 44.9 Å². The van der Waals surface area contributed by atoms with Gasteiger partial charge in [0.1, 0.15) is 0 Å². The first-order chi connectivity index (χ1) is 23.9. The molecule has 4 aliphatic rings. The van der Waals surface area contributed by atoms with Crippen molar-refractivity contribution in [2.45, 2.75) is 56.4 Å². The molecular formula is C39H37F3O5S2Te. The van der Waals surface area contributed by atoms with E-state index in [9.17, 15) is 30.9 Å². The molecule has 9 rings (SSSR count). The van der Waals surface area contributed by atoms with Crippen LogP contribution in [-0.2, 0) is 19.6 Å². The van der Waals surface area contributed by atoms with Gasteiger partial charge in [0.2, 0.25) is 0 Å². The fourth-order valence-electron chi connectivity index (χ4n) is 8.48. The molecule has 0 saturated heterocycles. The van der Waals surface area contributed by atoms with Crippen LogP contribution < -0.4 is 7.22 Å². The molecular weight excluding hydrogens is 797 g/mol. The molecule has 0 aliphatic heterocycles. The zero-order valence-electron chi connectivity index (χ0n) is 27.2. The summed E-state index contributed by atoms with van der Waals surface area (Å²) in [7, 11) is -6.07. The van der Waals surface area contributed by atoms with Gasteiger partial charge in [0.25, 0.3) is 0 Å². The van der Waals surface area contributed by atoms with Crippen molar-refractivity contribution in [2.75, 3.05) is 6.61 Å². The second kappa shape index (κ2) is 14.2. The van der Waals surface area contributed by atoms with E-state index in [1.165, 1.54) is 32.3 Å². The number of alkyl halides is 3. The summed E-state index contributed by atoms with van der Waals surface area (Å²) in [6.45, 7) is -0.660. The monoisotopic (exact) mass is 836 g/mol. The van der Waals surface area contributed by atoms with Crippen molar-refractivity contribution in [1.29, 1.82) is 0 Å². The van der Waals surface area contributed by atoms with Crippen molar-refractivity contribution in [2.24, 2.45) is 23.2 Å². The quantitative estimate of drug-likeness (QED) is 0.0651. The second-order valence-electron chi connectivity index (χ2n) is 13.8. The molecule has 0 radical (unpaired) electrons. The number of benzene rings is 4. The van der Waals surface area contributed by atoms with Crippen LogP contribution in [0.2, 0.25) is 0 Å². The van der Waals surface area contributed by atoms with Crippen LogP contribution in [0.5, 0.6) is 0 Å². The molecule has 0 N–H and O–H groups in total. The fourth-order valence-corrected chi connectivity index (χ4v) is 13.8. The normalized spacial score (nSPS) is 23.8. The van der Waals surface area contributed by atoms with Crippen molar-refractivity contribution in [3.05, 3.63) is 103 Å². The molecule has 0 spiro atoms. The summed E-state index contributed by atoms with van der Waals surface area (Å²) in [6, 6.07) is 38.0. The van der Waals surface area contributed by atoms with E-state index in [-0.39, 0.29) is 31.4 Å². The second-order valence-corrected chi connectivity index (χ2v) is 20.5. The maximum absolute atomic E-state index is 13.4. The molecule has 5 aromatic rings. The van der Waals surface area contributed by atoms with Gasteiger partial charge in [-0.2, -0.15) is 8.78 Å². The van der Waals surface area contributed by atoms with E-state index in [1.54, 1.807) is 0 Å². The molecule has 2 unspecified atom stereocenters. The zero-order valence-corrected chi connectivity index (χ0v) is 31.1. The maximum atomic E-state index is 13.4. The van der Waals surface area contributed by atoms with Crippen LogP contribution in [0.25, 0.3) is 25.1 Å². The molecule has 1 aromatic heterocycles. The minimum atomic E-state index is -6.09. The van der Waals surface area contributed by atoms with Gasteiger partial charge in [-0.3, -0.25) is 4.79 Å². The molecule has 262 valence electrons. The SMILES string of the molecule is O=C(OCCC(F)C(F)(F)S(=O)(=O)[O-])C12CC3CC(CC(C3)C1)C2.c1ccc([Te]c2ccc3c(c2)c2ccccc2[s+]3-c2ccccc2)cc1. The van der Waals surface area contributed by atoms with Crippen LogP contribution in [-0.4, -0.2) is 57.9 Å². The van der Waals surface area contributed by atoms with Crippen molar-refractivity contribution in [3.8, 4) is 4.90 Å². The number of carbonyl (C=O) groups is 1. The van der Waals surface area contributed by atoms with E-state index < -0.39 is 46.0 Å². The topological polar surface area (TPSA) is 83.5 Å². The van der Waals surface area contributed by atoms with Gasteiger partial charge in [-0.1, -0.05) is 0 Å². The number of hydrogen-bond donors (Lipinski definition) is 0. The van der Waals surface area contributed by atoms with Gasteiger partial charge < -0.3 is 9.29 Å². The average Bonchev–Trinajstić information content (AvgIpc) is 3.42. The van der Waals surface area contributed by atoms with Gasteiger partial charge in [0.05, 0.1) is 12.0 Å². The Hall–Kier alpha value is -2.94. The van der Waals surface area contributed by atoms with Gasteiger partial charge in [0.15, 0.2) is 16.3 Å². The Bertz CT molecular complexity index is 2070. The van der Waals surface area contributed by atoms with E-state index in [1.807, 2.05) is 0 Å². The third-order valence-corrected chi connectivity index (χ3v) is 16.4. The van der Waals surface area contributed by atoms with Gasteiger partial charge in [0, 0.05) is 6.42 Å². The van der Waals surface area contributed by atoms with Crippen molar-refractivity contribution >= 4 is 74.9 Å². The van der Waals surface area contributed by atoms with Crippen molar-refractivity contribution in [1.82, 2.24) is 0 Å². The Morgan fingerprint density at radius 3 is 2.00 bits per heavy atom. The van der Waals surface area contributed by atoms with Gasteiger partial charge in [-0.25, -0.2) is 12.8 Å². The summed E-state index contributed by atoms with van der Waals surface area (Å²) in [5.74, 6) is 0.982. The number of esters is 1. The third-order valence-electron chi connectivity index (χ3n) is 10.3. The van der Waals surface area contributed by atoms with Crippen molar-refractivity contribution < 1.29 is 35.7 Å². The molecule has 2 atom stereocenters. The van der Waals surface area contributed by atoms with Gasteiger partial charge in [-0.15, -0.1) is 0 Å². The van der Waals surface area contributed by atoms with Crippen LogP contribution in [0, 0.1) is 23.2 Å². The van der Waals surface area contributed by atoms with E-state index in [4.69, 9.17) is 4.74 Å². The molecule has 50 heavy (non-hydrogen) atoms. The standard InChI is InChI=1S/C24H17STe.C15H21F3O5S/c1-3-9-18(10-4-1)25-23-14-8-7-13-21(23)22-17-20(15-16-24(22)25)26-19-11-5-2-6-12-19;16-12(15(17,18)24(20,21)22)1-2-23-13(19)14-6-9-3-10(7-14)5-11(4-9)8-14/h1-17H;9-12H,1-8H2,(H,20,21,22)/q+1;/p-1. The molecule has 11 heteroatoms. The summed E-state index contributed by atoms with van der Waals surface area (Å²) in [6.07, 6.45) is 1.31. The minimum absolute atomic E-state index is 0.0191. The van der Waals surface area contributed by atoms with E-state index in [0.717, 1.165) is 38.5 Å². The van der Waals surface area contributed by atoms with Crippen LogP contribution >= 0.6 is 10.5 Å². The Balaban J connectivity index is 0.000000157. The van der Waals surface area contributed by atoms with Gasteiger partial charge >= 0.3 is 178 Å². The van der Waals surface area contributed by atoms with Crippen molar-refractivity contribution in [3.63, 3.8) is 0 Å². The van der Waals surface area contributed by atoms with Crippen LogP contribution in [0.3, 0.4) is 0 Å². The Labute approximate surface area is 303 Å². The van der Waals surface area contributed by atoms with Crippen LogP contribution in [0.4, 0.5) is 13.2 Å². The number of halogens is 3. The summed E-state index contributed by atoms with van der Waals surface area (Å²) in [4.78, 5) is 13.8. The first-order valence-corrected chi connectivity index (χ1v) is 21.8. The molecule has 4 aromatic carbocycles. The first-order valence-electron chi connectivity index (χ1n) is 16.8. The number of hydrogen-bond acceptors (Lipinski definition) is 5. The zero-order chi connectivity index (χ0) is 35.1. The molecule has 4 aliphatic carbocycles. The van der Waals surface area contributed by atoms with Crippen LogP contribution in [0.15, 0.2) is 103 Å². The molecule has 0 amide bonds. The van der Waals surface area contributed by atoms with E-state index in [2.05, 4.69) is 103 Å². The number of thiophene rings is 1. The first kappa shape index (κ1) is 35.5. The average molecular weight is 834 g/mol. The predicted octanol–water partition coefficient (Wildman–Crippen LogP) is 8.00. The van der Waals surface area contributed by atoms with Gasteiger partial charge in [-0.05, 0) is 56.3 Å². The predicted molar refractivity (Wildman–Crippen MR) is 192 cm³/mol. The summed E-state index contributed by atoms with van der Waals surface area (Å²) in [5.41, 5.74) is -0.590. The number of rotatable bonds is 9.